The Labute approximate surface area is 227 Å². The molecule has 2 aliphatic carbocycles. The van der Waals surface area contributed by atoms with E-state index in [0.29, 0.717) is 0 Å². The average Bonchev–Trinajstić information content (AvgIpc) is 2.78. The molecule has 2 unspecified atom stereocenters. The molecule has 2 atom stereocenters. The molecular weight excluding hydrogens is 460 g/mol. The van der Waals surface area contributed by atoms with E-state index >= 15 is 0 Å². The number of allylic oxidation sites excluding steroid dienone is 4. The molecule has 2 rings (SSSR count). The first kappa shape index (κ1) is 32.0. The van der Waals surface area contributed by atoms with Crippen molar-refractivity contribution in [2.75, 3.05) is 13.7 Å². The molecule has 212 valence electrons. The molecule has 4 heteroatoms. The molecular formula is C33H56O4. The summed E-state index contributed by atoms with van der Waals surface area (Å²) in [5, 5.41) is 31.9. The highest BCUT2D eigenvalue weighted by atomic mass is 16.5. The van der Waals surface area contributed by atoms with Crippen LogP contribution < -0.4 is 0 Å². The van der Waals surface area contributed by atoms with Crippen molar-refractivity contribution in [2.45, 2.75) is 131 Å². The fourth-order valence-electron chi connectivity index (χ4n) is 5.79. The van der Waals surface area contributed by atoms with Crippen LogP contribution in [-0.2, 0) is 4.74 Å². The largest absolute Gasteiger partial charge is 0.396 e. The minimum atomic E-state index is -0.522. The van der Waals surface area contributed by atoms with Crippen LogP contribution in [0.2, 0.25) is 0 Å². The van der Waals surface area contributed by atoms with Crippen molar-refractivity contribution in [3.05, 3.63) is 46.6 Å². The van der Waals surface area contributed by atoms with E-state index in [2.05, 4.69) is 79.7 Å². The van der Waals surface area contributed by atoms with Gasteiger partial charge in [0, 0.05) is 24.5 Å². The Hall–Kier alpha value is -1.20. The molecule has 4 nitrogen and oxygen atoms in total. The molecule has 0 radical (unpaired) electrons. The van der Waals surface area contributed by atoms with Gasteiger partial charge in [-0.1, -0.05) is 65.8 Å². The molecule has 0 spiro atoms. The minimum absolute atomic E-state index is 0.0649. The summed E-state index contributed by atoms with van der Waals surface area (Å²) in [6, 6.07) is 0. The summed E-state index contributed by atoms with van der Waals surface area (Å²) in [5.41, 5.74) is 4.09. The molecule has 0 fully saturated rings. The number of rotatable bonds is 14. The molecule has 0 aromatic carbocycles. The zero-order valence-corrected chi connectivity index (χ0v) is 25.3. The van der Waals surface area contributed by atoms with E-state index in [9.17, 15) is 15.3 Å². The van der Waals surface area contributed by atoms with Gasteiger partial charge >= 0.3 is 0 Å². The highest BCUT2D eigenvalue weighted by molar-refractivity contribution is 5.36. The fraction of sp³-hybridized carbons (Fsp3) is 0.758. The molecule has 0 saturated heterocycles. The number of ether oxygens (including phenoxy) is 1. The predicted octanol–water partition coefficient (Wildman–Crippen LogP) is 7.45. The number of hydrogen-bond acceptors (Lipinski definition) is 4. The normalized spacial score (nSPS) is 23.8. The van der Waals surface area contributed by atoms with Gasteiger partial charge in [0.15, 0.2) is 0 Å². The first-order valence-corrected chi connectivity index (χ1v) is 14.4. The maximum Gasteiger partial charge on any atom is 0.0961 e. The molecule has 0 amide bonds. The van der Waals surface area contributed by atoms with E-state index in [0.717, 1.165) is 80.1 Å². The van der Waals surface area contributed by atoms with Gasteiger partial charge in [-0.15, -0.1) is 0 Å². The fourth-order valence-corrected chi connectivity index (χ4v) is 5.79. The molecule has 0 aromatic heterocycles. The Morgan fingerprint density at radius 2 is 1.03 bits per heavy atom. The SMILES string of the molecule is COC(C)(C)CCCC1=CC(C)(C)C=C(CCCC2=CC(C)(C)C=C(CCCC(C)(C)CO)C2O)C1O. The Morgan fingerprint density at radius 1 is 0.676 bits per heavy atom. The van der Waals surface area contributed by atoms with E-state index in [1.165, 1.54) is 0 Å². The Kier molecular flexibility index (Phi) is 11.0. The lowest BCUT2D eigenvalue weighted by Crippen LogP contribution is -2.26. The highest BCUT2D eigenvalue weighted by Gasteiger charge is 2.30. The van der Waals surface area contributed by atoms with Gasteiger partial charge in [-0.05, 0) is 99.3 Å². The number of hydrogen-bond donors (Lipinski definition) is 3. The third kappa shape index (κ3) is 10.1. The van der Waals surface area contributed by atoms with Gasteiger partial charge in [0.2, 0.25) is 0 Å². The smallest absolute Gasteiger partial charge is 0.0961 e. The summed E-state index contributed by atoms with van der Waals surface area (Å²) < 4.78 is 5.57. The Bertz CT molecular complexity index is 810. The zero-order valence-electron chi connectivity index (χ0n) is 25.3. The van der Waals surface area contributed by atoms with Gasteiger partial charge in [-0.2, -0.15) is 0 Å². The lowest BCUT2D eigenvalue weighted by Gasteiger charge is -2.33. The minimum Gasteiger partial charge on any atom is -0.396 e. The van der Waals surface area contributed by atoms with Crippen molar-refractivity contribution in [3.63, 3.8) is 0 Å². The first-order chi connectivity index (χ1) is 17.0. The Balaban J connectivity index is 1.97. The van der Waals surface area contributed by atoms with Gasteiger partial charge in [-0.3, -0.25) is 0 Å². The van der Waals surface area contributed by atoms with Crippen molar-refractivity contribution in [2.24, 2.45) is 16.2 Å². The van der Waals surface area contributed by atoms with Crippen molar-refractivity contribution in [3.8, 4) is 0 Å². The van der Waals surface area contributed by atoms with Crippen molar-refractivity contribution in [1.82, 2.24) is 0 Å². The second-order valence-electron chi connectivity index (χ2n) is 14.2. The van der Waals surface area contributed by atoms with Gasteiger partial charge in [0.25, 0.3) is 0 Å². The second-order valence-corrected chi connectivity index (χ2v) is 14.2. The third-order valence-corrected chi connectivity index (χ3v) is 8.11. The van der Waals surface area contributed by atoms with Gasteiger partial charge < -0.3 is 20.1 Å². The molecule has 0 aliphatic heterocycles. The van der Waals surface area contributed by atoms with Crippen LogP contribution in [0.25, 0.3) is 0 Å². The highest BCUT2D eigenvalue weighted by Crippen LogP contribution is 2.39. The summed E-state index contributed by atoms with van der Waals surface area (Å²) in [5.74, 6) is 0. The quantitative estimate of drug-likeness (QED) is 0.210. The van der Waals surface area contributed by atoms with E-state index in [1.807, 2.05) is 0 Å². The molecule has 0 aromatic rings. The first-order valence-electron chi connectivity index (χ1n) is 14.4. The van der Waals surface area contributed by atoms with E-state index in [1.54, 1.807) is 7.11 Å². The topological polar surface area (TPSA) is 69.9 Å². The maximum atomic E-state index is 11.2. The van der Waals surface area contributed by atoms with Gasteiger partial charge in [-0.25, -0.2) is 0 Å². The summed E-state index contributed by atoms with van der Waals surface area (Å²) in [7, 11) is 1.76. The van der Waals surface area contributed by atoms with E-state index in [4.69, 9.17) is 4.74 Å². The van der Waals surface area contributed by atoms with Crippen LogP contribution in [0.15, 0.2) is 46.6 Å². The summed E-state index contributed by atoms with van der Waals surface area (Å²) in [6.45, 7) is 17.4. The summed E-state index contributed by atoms with van der Waals surface area (Å²) in [4.78, 5) is 0. The molecule has 2 aliphatic rings. The van der Waals surface area contributed by atoms with Crippen molar-refractivity contribution in [1.29, 1.82) is 0 Å². The lowest BCUT2D eigenvalue weighted by molar-refractivity contribution is 0.0137. The van der Waals surface area contributed by atoms with Crippen molar-refractivity contribution >= 4 is 0 Å². The van der Waals surface area contributed by atoms with Crippen LogP contribution in [0.5, 0.6) is 0 Å². The predicted molar refractivity (Wildman–Crippen MR) is 155 cm³/mol. The number of aliphatic hydroxyl groups excluding tert-OH is 3. The van der Waals surface area contributed by atoms with Crippen LogP contribution in [-0.4, -0.2) is 46.8 Å². The van der Waals surface area contributed by atoms with Crippen molar-refractivity contribution < 1.29 is 20.1 Å². The summed E-state index contributed by atoms with van der Waals surface area (Å²) >= 11 is 0. The molecule has 37 heavy (non-hydrogen) atoms. The van der Waals surface area contributed by atoms with E-state index in [-0.39, 0.29) is 28.5 Å². The average molecular weight is 517 g/mol. The van der Waals surface area contributed by atoms with Crippen LogP contribution in [0.4, 0.5) is 0 Å². The standard InChI is InChI=1S/C33H56O4/c1-30(2,23-34)17-11-15-26-21-31(3,4)19-24(28(26)35)13-10-14-25-20-32(5,6)22-27(29(25)36)16-12-18-33(7,8)37-9/h19-22,28-29,34-36H,10-18,23H2,1-9H3. The van der Waals surface area contributed by atoms with Crippen LogP contribution in [0, 0.1) is 16.2 Å². The second kappa shape index (κ2) is 12.8. The van der Waals surface area contributed by atoms with Gasteiger partial charge in [0.1, 0.15) is 0 Å². The summed E-state index contributed by atoms with van der Waals surface area (Å²) in [6.07, 6.45) is 16.1. The van der Waals surface area contributed by atoms with Crippen LogP contribution in [0.1, 0.15) is 113 Å². The maximum absolute atomic E-state index is 11.2. The van der Waals surface area contributed by atoms with Gasteiger partial charge in [0.05, 0.1) is 17.8 Å². The monoisotopic (exact) mass is 516 g/mol. The lowest BCUT2D eigenvalue weighted by atomic mass is 9.75. The molecule has 3 N–H and O–H groups in total. The Morgan fingerprint density at radius 3 is 1.38 bits per heavy atom. The third-order valence-electron chi connectivity index (χ3n) is 8.11. The molecule has 0 heterocycles. The molecule has 0 saturated carbocycles. The van der Waals surface area contributed by atoms with Crippen LogP contribution in [0.3, 0.4) is 0 Å². The van der Waals surface area contributed by atoms with E-state index < -0.39 is 12.2 Å². The number of methoxy groups -OCH3 is 1. The molecule has 0 bridgehead atoms. The zero-order chi connectivity index (χ0) is 28.1. The number of aliphatic hydroxyl groups is 3. The van der Waals surface area contributed by atoms with Crippen LogP contribution >= 0.6 is 0 Å².